The fraction of sp³-hybridized carbons (Fsp3) is 1.00. The van der Waals surface area contributed by atoms with Crippen LogP contribution in [0.2, 0.25) is 0 Å². The SMILES string of the molecule is OCCSO[C@]1(CO)O[C@H](CO)[C@@H](O)[C@@H]1O. The maximum absolute atomic E-state index is 9.66. The Morgan fingerprint density at radius 2 is 1.94 bits per heavy atom. The van der Waals surface area contributed by atoms with Crippen LogP contribution in [-0.4, -0.2) is 75.2 Å². The van der Waals surface area contributed by atoms with Crippen molar-refractivity contribution in [1.29, 1.82) is 0 Å². The topological polar surface area (TPSA) is 120 Å². The molecule has 1 heterocycles. The largest absolute Gasteiger partial charge is 0.395 e. The van der Waals surface area contributed by atoms with Gasteiger partial charge in [-0.15, -0.1) is 0 Å². The molecule has 1 aliphatic rings. The van der Waals surface area contributed by atoms with Crippen LogP contribution in [0.4, 0.5) is 0 Å². The average Bonchev–Trinajstić information content (AvgIpc) is 2.55. The summed E-state index contributed by atoms with van der Waals surface area (Å²) < 4.78 is 10.2. The molecule has 0 unspecified atom stereocenters. The third-order valence-electron chi connectivity index (χ3n) is 2.28. The van der Waals surface area contributed by atoms with Crippen LogP contribution >= 0.6 is 12.0 Å². The van der Waals surface area contributed by atoms with Gasteiger partial charge in [-0.05, 0) is 12.0 Å². The van der Waals surface area contributed by atoms with E-state index >= 15 is 0 Å². The lowest BCUT2D eigenvalue weighted by molar-refractivity contribution is -0.223. The Labute approximate surface area is 96.8 Å². The second-order valence-corrected chi connectivity index (χ2v) is 4.18. The monoisotopic (exact) mass is 256 g/mol. The van der Waals surface area contributed by atoms with Gasteiger partial charge in [-0.3, -0.25) is 4.18 Å². The smallest absolute Gasteiger partial charge is 0.233 e. The third-order valence-corrected chi connectivity index (χ3v) is 3.03. The van der Waals surface area contributed by atoms with Crippen molar-refractivity contribution in [3.63, 3.8) is 0 Å². The van der Waals surface area contributed by atoms with Crippen molar-refractivity contribution in [3.05, 3.63) is 0 Å². The predicted molar refractivity (Wildman–Crippen MR) is 54.4 cm³/mol. The van der Waals surface area contributed by atoms with Gasteiger partial charge in [0.25, 0.3) is 0 Å². The summed E-state index contributed by atoms with van der Waals surface area (Å²) in [5, 5.41) is 45.7. The summed E-state index contributed by atoms with van der Waals surface area (Å²) in [5.74, 6) is -1.52. The molecule has 0 spiro atoms. The van der Waals surface area contributed by atoms with Crippen LogP contribution in [0.3, 0.4) is 0 Å². The van der Waals surface area contributed by atoms with E-state index in [0.29, 0.717) is 0 Å². The molecule has 16 heavy (non-hydrogen) atoms. The summed E-state index contributed by atoms with van der Waals surface area (Å²) in [6.07, 6.45) is -3.79. The van der Waals surface area contributed by atoms with Crippen LogP contribution in [0, 0.1) is 0 Å². The summed E-state index contributed by atoms with van der Waals surface area (Å²) in [4.78, 5) is 0. The number of aliphatic hydroxyl groups excluding tert-OH is 5. The molecule has 0 saturated carbocycles. The lowest BCUT2D eigenvalue weighted by Gasteiger charge is -2.28. The van der Waals surface area contributed by atoms with Crippen molar-refractivity contribution in [3.8, 4) is 0 Å². The molecule has 7 nitrogen and oxygen atoms in total. The Balaban J connectivity index is 2.64. The van der Waals surface area contributed by atoms with Gasteiger partial charge in [0, 0.05) is 5.75 Å². The molecule has 0 aromatic heterocycles. The highest BCUT2D eigenvalue weighted by Crippen LogP contribution is 2.35. The zero-order valence-electron chi connectivity index (χ0n) is 8.52. The normalized spacial score (nSPS) is 39.2. The van der Waals surface area contributed by atoms with Gasteiger partial charge < -0.3 is 30.3 Å². The van der Waals surface area contributed by atoms with Gasteiger partial charge in [0.05, 0.1) is 13.2 Å². The first-order valence-corrected chi connectivity index (χ1v) is 5.69. The lowest BCUT2D eigenvalue weighted by Crippen LogP contribution is -2.47. The first-order chi connectivity index (χ1) is 7.61. The van der Waals surface area contributed by atoms with E-state index in [9.17, 15) is 10.2 Å². The Kier molecular flexibility index (Phi) is 5.41. The Hall–Kier alpha value is 0.0700. The van der Waals surface area contributed by atoms with E-state index in [4.69, 9.17) is 24.2 Å². The van der Waals surface area contributed by atoms with E-state index in [-0.39, 0.29) is 12.4 Å². The van der Waals surface area contributed by atoms with Gasteiger partial charge >= 0.3 is 0 Å². The van der Waals surface area contributed by atoms with Crippen molar-refractivity contribution in [2.75, 3.05) is 25.6 Å². The van der Waals surface area contributed by atoms with E-state index in [0.717, 1.165) is 12.0 Å². The Morgan fingerprint density at radius 3 is 2.38 bits per heavy atom. The second kappa shape index (κ2) is 6.12. The average molecular weight is 256 g/mol. The fourth-order valence-corrected chi connectivity index (χ4v) is 1.96. The number of rotatable bonds is 6. The third kappa shape index (κ3) is 2.66. The van der Waals surface area contributed by atoms with Crippen molar-refractivity contribution in [1.82, 2.24) is 0 Å². The van der Waals surface area contributed by atoms with Gasteiger partial charge in [0.1, 0.15) is 24.9 Å². The van der Waals surface area contributed by atoms with Crippen LogP contribution in [0.5, 0.6) is 0 Å². The van der Waals surface area contributed by atoms with Crippen LogP contribution in [-0.2, 0) is 8.92 Å². The Bertz CT molecular complexity index is 217. The maximum Gasteiger partial charge on any atom is 0.233 e. The first-order valence-electron chi connectivity index (χ1n) is 4.78. The van der Waals surface area contributed by atoms with Crippen LogP contribution in [0.25, 0.3) is 0 Å². The van der Waals surface area contributed by atoms with Gasteiger partial charge in [-0.25, -0.2) is 0 Å². The minimum atomic E-state index is -1.76. The predicted octanol–water partition coefficient (Wildman–Crippen LogP) is -2.55. The quantitative estimate of drug-likeness (QED) is 0.260. The Morgan fingerprint density at radius 1 is 1.25 bits per heavy atom. The van der Waals surface area contributed by atoms with Crippen molar-refractivity contribution in [2.45, 2.75) is 24.1 Å². The molecular weight excluding hydrogens is 240 g/mol. The minimum Gasteiger partial charge on any atom is -0.395 e. The van der Waals surface area contributed by atoms with Gasteiger partial charge in [0.15, 0.2) is 0 Å². The summed E-state index contributed by atoms with van der Waals surface area (Å²) >= 11 is 0.805. The minimum absolute atomic E-state index is 0.131. The molecule has 0 aliphatic carbocycles. The second-order valence-electron chi connectivity index (χ2n) is 3.37. The molecule has 96 valence electrons. The number of hydrogen-bond donors (Lipinski definition) is 5. The van der Waals surface area contributed by atoms with E-state index in [1.807, 2.05) is 0 Å². The van der Waals surface area contributed by atoms with E-state index in [1.165, 1.54) is 0 Å². The number of hydrogen-bond acceptors (Lipinski definition) is 8. The highest BCUT2D eigenvalue weighted by atomic mass is 32.2. The summed E-state index contributed by atoms with van der Waals surface area (Å²) in [6, 6.07) is 0. The molecular formula is C8H16O7S. The van der Waals surface area contributed by atoms with Crippen LogP contribution < -0.4 is 0 Å². The first kappa shape index (κ1) is 14.1. The molecule has 0 amide bonds. The maximum atomic E-state index is 9.66. The molecule has 1 aliphatic heterocycles. The molecule has 0 bridgehead atoms. The van der Waals surface area contributed by atoms with Crippen molar-refractivity contribution in [2.24, 2.45) is 0 Å². The number of ether oxygens (including phenoxy) is 1. The summed E-state index contributed by atoms with van der Waals surface area (Å²) in [7, 11) is 0. The van der Waals surface area contributed by atoms with Gasteiger partial charge in [0.2, 0.25) is 5.79 Å². The van der Waals surface area contributed by atoms with E-state index < -0.39 is 37.3 Å². The molecule has 5 N–H and O–H groups in total. The highest BCUT2D eigenvalue weighted by Gasteiger charge is 2.55. The van der Waals surface area contributed by atoms with Crippen molar-refractivity contribution < 1.29 is 34.5 Å². The molecule has 1 fully saturated rings. The summed E-state index contributed by atoms with van der Waals surface area (Å²) in [6.45, 7) is -1.29. The van der Waals surface area contributed by atoms with E-state index in [2.05, 4.69) is 0 Å². The molecule has 8 heteroatoms. The van der Waals surface area contributed by atoms with Gasteiger partial charge in [-0.1, -0.05) is 0 Å². The molecule has 0 radical (unpaired) electrons. The summed E-state index contributed by atoms with van der Waals surface area (Å²) in [5.41, 5.74) is 0. The zero-order chi connectivity index (χ0) is 12.2. The molecule has 0 aromatic carbocycles. The lowest BCUT2D eigenvalue weighted by atomic mass is 10.1. The molecule has 4 atom stereocenters. The fourth-order valence-electron chi connectivity index (χ4n) is 1.41. The van der Waals surface area contributed by atoms with E-state index in [1.54, 1.807) is 0 Å². The van der Waals surface area contributed by atoms with Crippen molar-refractivity contribution >= 4 is 12.0 Å². The van der Waals surface area contributed by atoms with Crippen LogP contribution in [0.15, 0.2) is 0 Å². The number of aliphatic hydroxyl groups is 5. The molecule has 0 aromatic rings. The van der Waals surface area contributed by atoms with Crippen LogP contribution in [0.1, 0.15) is 0 Å². The molecule has 1 saturated heterocycles. The van der Waals surface area contributed by atoms with Gasteiger partial charge in [-0.2, -0.15) is 0 Å². The highest BCUT2D eigenvalue weighted by molar-refractivity contribution is 7.94. The standard InChI is InChI=1S/C8H16O7S/c9-1-2-16-15-8(4-11)7(13)6(12)5(3-10)14-8/h5-7,9-13H,1-4H2/t5-,6-,7+,8+/m1/s1. The molecule has 1 rings (SSSR count). The zero-order valence-corrected chi connectivity index (χ0v) is 9.34.